The largest absolute Gasteiger partial charge is 0.440 e. The van der Waals surface area contributed by atoms with Crippen molar-refractivity contribution in [2.24, 2.45) is 5.92 Å². The Kier molecular flexibility index (Phi) is 5.70. The average Bonchev–Trinajstić information content (AvgIpc) is 2.10. The van der Waals surface area contributed by atoms with E-state index in [0.717, 1.165) is 0 Å². The van der Waals surface area contributed by atoms with E-state index in [0.29, 0.717) is 6.92 Å². The first-order valence-corrected chi connectivity index (χ1v) is 5.66. The van der Waals surface area contributed by atoms with Gasteiger partial charge in [-0.15, -0.1) is 0 Å². The molecule has 0 amide bonds. The maximum absolute atomic E-state index is 12.8. The van der Waals surface area contributed by atoms with Gasteiger partial charge in [0, 0.05) is 13.3 Å². The Morgan fingerprint density at radius 1 is 1.05 bits per heavy atom. The fourth-order valence-electron chi connectivity index (χ4n) is 1.62. The fourth-order valence-corrected chi connectivity index (χ4v) is 1.62. The molecule has 0 aliphatic rings. The van der Waals surface area contributed by atoms with Crippen LogP contribution in [-0.4, -0.2) is 23.9 Å². The predicted molar refractivity (Wildman–Crippen MR) is 55.3 cm³/mol. The standard InChI is InChI=1S/C11H16F6O2/c1-7(2)5-4-6-9(10(12,13)14,11(15,16)17)19-8(3)18/h7H,4-6H2,1-3H3. The van der Waals surface area contributed by atoms with Gasteiger partial charge in [0.05, 0.1) is 0 Å². The molecule has 114 valence electrons. The first kappa shape index (κ1) is 18.0. The molecule has 0 unspecified atom stereocenters. The Morgan fingerprint density at radius 3 is 1.74 bits per heavy atom. The van der Waals surface area contributed by atoms with E-state index in [9.17, 15) is 31.1 Å². The van der Waals surface area contributed by atoms with E-state index >= 15 is 0 Å². The number of hydrogen-bond acceptors (Lipinski definition) is 2. The minimum absolute atomic E-state index is 0.0449. The summed E-state index contributed by atoms with van der Waals surface area (Å²) in [5.74, 6) is -1.66. The molecule has 19 heavy (non-hydrogen) atoms. The molecule has 0 N–H and O–H groups in total. The fraction of sp³-hybridized carbons (Fsp3) is 0.909. The van der Waals surface area contributed by atoms with E-state index in [1.165, 1.54) is 0 Å². The summed E-state index contributed by atoms with van der Waals surface area (Å²) in [4.78, 5) is 10.6. The van der Waals surface area contributed by atoms with E-state index in [-0.39, 0.29) is 18.8 Å². The van der Waals surface area contributed by atoms with Gasteiger partial charge in [0.1, 0.15) is 0 Å². The van der Waals surface area contributed by atoms with Gasteiger partial charge in [-0.3, -0.25) is 4.79 Å². The molecule has 8 heteroatoms. The Morgan fingerprint density at radius 2 is 1.47 bits per heavy atom. The molecule has 0 fully saturated rings. The second-order valence-corrected chi connectivity index (χ2v) is 4.70. The van der Waals surface area contributed by atoms with Crippen molar-refractivity contribution in [3.63, 3.8) is 0 Å². The highest BCUT2D eigenvalue weighted by atomic mass is 19.4. The van der Waals surface area contributed by atoms with Gasteiger partial charge in [0.25, 0.3) is 0 Å². The topological polar surface area (TPSA) is 26.3 Å². The van der Waals surface area contributed by atoms with Gasteiger partial charge in [-0.05, 0) is 12.3 Å². The van der Waals surface area contributed by atoms with Crippen LogP contribution in [0.5, 0.6) is 0 Å². The van der Waals surface area contributed by atoms with E-state index in [2.05, 4.69) is 4.74 Å². The predicted octanol–water partition coefficient (Wildman–Crippen LogP) is 4.24. The number of carbonyl (C=O) groups excluding carboxylic acids is 1. The maximum Gasteiger partial charge on any atom is 0.437 e. The molecule has 0 aromatic carbocycles. The first-order valence-electron chi connectivity index (χ1n) is 5.66. The molecule has 0 aliphatic carbocycles. The molecular formula is C11H16F6O2. The van der Waals surface area contributed by atoms with Crippen LogP contribution < -0.4 is 0 Å². The van der Waals surface area contributed by atoms with Crippen molar-refractivity contribution in [3.05, 3.63) is 0 Å². The molecule has 0 atom stereocenters. The van der Waals surface area contributed by atoms with Crippen molar-refractivity contribution in [2.75, 3.05) is 0 Å². The molecule has 0 heterocycles. The number of hydrogen-bond donors (Lipinski definition) is 0. The van der Waals surface area contributed by atoms with Crippen LogP contribution in [0.3, 0.4) is 0 Å². The average molecular weight is 294 g/mol. The molecule has 0 radical (unpaired) electrons. The zero-order valence-corrected chi connectivity index (χ0v) is 10.8. The molecule has 0 saturated heterocycles. The lowest BCUT2D eigenvalue weighted by Crippen LogP contribution is -2.59. The second-order valence-electron chi connectivity index (χ2n) is 4.70. The Balaban J connectivity index is 5.33. The molecular weight excluding hydrogens is 278 g/mol. The summed E-state index contributed by atoms with van der Waals surface area (Å²) in [6.45, 7) is 3.87. The molecule has 0 aromatic rings. The van der Waals surface area contributed by atoms with Crippen molar-refractivity contribution in [1.29, 1.82) is 0 Å². The Hall–Kier alpha value is -0.950. The summed E-state index contributed by atoms with van der Waals surface area (Å²) in [5.41, 5.74) is -4.42. The molecule has 0 aliphatic heterocycles. The number of carbonyl (C=O) groups is 1. The molecule has 0 aromatic heterocycles. The Bertz CT molecular complexity index is 291. The highest BCUT2D eigenvalue weighted by Gasteiger charge is 2.73. The van der Waals surface area contributed by atoms with Crippen molar-refractivity contribution in [2.45, 2.75) is 58.0 Å². The summed E-state index contributed by atoms with van der Waals surface area (Å²) in [7, 11) is 0. The van der Waals surface area contributed by atoms with Crippen LogP contribution in [0.25, 0.3) is 0 Å². The van der Waals surface area contributed by atoms with Crippen LogP contribution in [0.1, 0.15) is 40.0 Å². The lowest BCUT2D eigenvalue weighted by molar-refractivity contribution is -0.371. The summed E-state index contributed by atoms with van der Waals surface area (Å²) >= 11 is 0. The van der Waals surface area contributed by atoms with Crippen molar-refractivity contribution >= 4 is 5.97 Å². The van der Waals surface area contributed by atoms with Gasteiger partial charge >= 0.3 is 23.9 Å². The van der Waals surface area contributed by atoms with Crippen LogP contribution in [0.15, 0.2) is 0 Å². The van der Waals surface area contributed by atoms with Gasteiger partial charge < -0.3 is 4.74 Å². The van der Waals surface area contributed by atoms with E-state index < -0.39 is 30.3 Å². The van der Waals surface area contributed by atoms with Crippen molar-refractivity contribution in [3.8, 4) is 0 Å². The third-order valence-electron chi connectivity index (χ3n) is 2.54. The van der Waals surface area contributed by atoms with Crippen LogP contribution in [0.2, 0.25) is 0 Å². The van der Waals surface area contributed by atoms with Gasteiger partial charge in [-0.25, -0.2) is 0 Å². The summed E-state index contributed by atoms with van der Waals surface area (Å²) in [6, 6.07) is 0. The highest BCUT2D eigenvalue weighted by molar-refractivity contribution is 5.66. The van der Waals surface area contributed by atoms with Gasteiger partial charge in [0.15, 0.2) is 0 Å². The monoisotopic (exact) mass is 294 g/mol. The highest BCUT2D eigenvalue weighted by Crippen LogP contribution is 2.49. The van der Waals surface area contributed by atoms with Crippen LogP contribution >= 0.6 is 0 Å². The first-order chi connectivity index (χ1) is 8.33. The summed E-state index contributed by atoms with van der Waals surface area (Å²) in [6.07, 6.45) is -12.9. The smallest absolute Gasteiger partial charge is 0.437 e. The van der Waals surface area contributed by atoms with Crippen LogP contribution in [0, 0.1) is 5.92 Å². The molecule has 0 spiro atoms. The lowest BCUT2D eigenvalue weighted by atomic mass is 9.92. The molecule has 0 rings (SSSR count). The zero-order chi connectivity index (χ0) is 15.5. The van der Waals surface area contributed by atoms with Gasteiger partial charge in [-0.1, -0.05) is 20.3 Å². The minimum Gasteiger partial charge on any atom is -0.440 e. The molecule has 2 nitrogen and oxygen atoms in total. The van der Waals surface area contributed by atoms with E-state index in [1.807, 2.05) is 0 Å². The second kappa shape index (κ2) is 6.00. The van der Waals surface area contributed by atoms with Crippen molar-refractivity contribution in [1.82, 2.24) is 0 Å². The van der Waals surface area contributed by atoms with Crippen molar-refractivity contribution < 1.29 is 35.9 Å². The van der Waals surface area contributed by atoms with Gasteiger partial charge in [-0.2, -0.15) is 26.3 Å². The normalized spacial score (nSPS) is 13.8. The number of esters is 1. The third kappa shape index (κ3) is 4.58. The van der Waals surface area contributed by atoms with Gasteiger partial charge in [0.2, 0.25) is 0 Å². The SMILES string of the molecule is CC(=O)OC(CCCC(C)C)(C(F)(F)F)C(F)(F)F. The lowest BCUT2D eigenvalue weighted by Gasteiger charge is -2.36. The quantitative estimate of drug-likeness (QED) is 0.560. The third-order valence-corrected chi connectivity index (χ3v) is 2.54. The van der Waals surface area contributed by atoms with E-state index in [1.54, 1.807) is 13.8 Å². The van der Waals surface area contributed by atoms with Crippen LogP contribution in [-0.2, 0) is 9.53 Å². The summed E-state index contributed by atoms with van der Waals surface area (Å²) < 4.78 is 80.2. The van der Waals surface area contributed by atoms with E-state index in [4.69, 9.17) is 0 Å². The molecule has 0 bridgehead atoms. The molecule has 0 saturated carbocycles. The number of halogens is 6. The number of rotatable bonds is 5. The Labute approximate surface area is 107 Å². The number of ether oxygens (including phenoxy) is 1. The van der Waals surface area contributed by atoms with Crippen LogP contribution in [0.4, 0.5) is 26.3 Å². The minimum atomic E-state index is -5.70. The number of alkyl halides is 6. The maximum atomic E-state index is 12.8. The summed E-state index contributed by atoms with van der Waals surface area (Å²) in [5, 5.41) is 0. The zero-order valence-electron chi connectivity index (χ0n) is 10.8.